The Hall–Kier alpha value is -3.79. The monoisotopic (exact) mass is 396 g/mol. The van der Waals surface area contributed by atoms with E-state index in [1.807, 2.05) is 30.3 Å². The van der Waals surface area contributed by atoms with Crippen LogP contribution in [0.4, 0.5) is 17.3 Å². The summed E-state index contributed by atoms with van der Waals surface area (Å²) in [5.41, 5.74) is 5.04. The molecule has 0 spiro atoms. The lowest BCUT2D eigenvalue weighted by atomic mass is 10.0. The second-order valence-electron chi connectivity index (χ2n) is 6.06. The second kappa shape index (κ2) is 8.93. The van der Waals surface area contributed by atoms with Gasteiger partial charge in [-0.1, -0.05) is 36.4 Å². The number of amides is 1. The summed E-state index contributed by atoms with van der Waals surface area (Å²) in [7, 11) is 0. The van der Waals surface area contributed by atoms with Crippen LogP contribution < -0.4 is 15.8 Å². The Kier molecular flexibility index (Phi) is 6.15. The van der Waals surface area contributed by atoms with Crippen molar-refractivity contribution < 1.29 is 14.8 Å². The van der Waals surface area contributed by atoms with Crippen LogP contribution in [-0.4, -0.2) is 45.6 Å². The average Bonchev–Trinajstić information content (AvgIpc) is 2.75. The first-order valence-electron chi connectivity index (χ1n) is 8.96. The maximum absolute atomic E-state index is 12.7. The lowest BCUT2D eigenvalue weighted by Gasteiger charge is -2.21. The molecule has 3 N–H and O–H groups in total. The zero-order valence-corrected chi connectivity index (χ0v) is 15.7. The predicted octanol–water partition coefficient (Wildman–Crippen LogP) is 2.11. The highest BCUT2D eigenvalue weighted by atomic mass is 16.6. The quantitative estimate of drug-likeness (QED) is 0.389. The van der Waals surface area contributed by atoms with E-state index in [1.165, 1.54) is 0 Å². The van der Waals surface area contributed by atoms with Crippen molar-refractivity contribution in [3.63, 3.8) is 0 Å². The van der Waals surface area contributed by atoms with Crippen molar-refractivity contribution in [1.29, 1.82) is 0 Å². The van der Waals surface area contributed by atoms with E-state index < -0.39 is 10.8 Å². The maximum atomic E-state index is 12.7. The molecule has 0 saturated carbocycles. The number of likely N-dealkylation sites (N-methyl/N-ethyl adjacent to an activating group) is 1. The lowest BCUT2D eigenvalue weighted by Crippen LogP contribution is -2.32. The molecule has 0 fully saturated rings. The predicted molar refractivity (Wildman–Crippen MR) is 109 cm³/mol. The number of carbonyl (C=O) groups is 1. The minimum atomic E-state index is -0.623. The molecule has 0 unspecified atom stereocenters. The van der Waals surface area contributed by atoms with E-state index in [0.29, 0.717) is 12.1 Å². The van der Waals surface area contributed by atoms with Gasteiger partial charge in [-0.2, -0.15) is 0 Å². The van der Waals surface area contributed by atoms with Crippen molar-refractivity contribution in [2.24, 2.45) is 0 Å². The smallest absolute Gasteiger partial charge is 0.355 e. The Bertz CT molecular complexity index is 1040. The third kappa shape index (κ3) is 4.22. The van der Waals surface area contributed by atoms with Gasteiger partial charge < -0.3 is 10.0 Å². The van der Waals surface area contributed by atoms with Gasteiger partial charge in [0.1, 0.15) is 6.33 Å². The highest BCUT2D eigenvalue weighted by molar-refractivity contribution is 6.07. The molecule has 0 aliphatic rings. The molecule has 3 rings (SSSR count). The summed E-state index contributed by atoms with van der Waals surface area (Å²) in [6.07, 6.45) is 1.16. The number of nitro groups is 1. The highest BCUT2D eigenvalue weighted by Gasteiger charge is 2.26. The number of fused-ring (bicyclic) bond motifs is 1. The first kappa shape index (κ1) is 20.0. The molecule has 1 heterocycles. The number of anilines is 2. The van der Waals surface area contributed by atoms with Crippen molar-refractivity contribution in [3.8, 4) is 0 Å². The topological polar surface area (TPSA) is 134 Å². The van der Waals surface area contributed by atoms with E-state index >= 15 is 0 Å². The molecule has 1 aromatic heterocycles. The SMILES string of the molecule is CCN(CCO)c1ncnc(NNC(=O)c2cccc3ccccc23)c1[N+](=O)[O-]. The molecular formula is C19H20N6O4. The van der Waals surface area contributed by atoms with Gasteiger partial charge in [-0.05, 0) is 23.8 Å². The molecule has 0 aliphatic carbocycles. The van der Waals surface area contributed by atoms with Crippen LogP contribution in [0.3, 0.4) is 0 Å². The average molecular weight is 396 g/mol. The fourth-order valence-corrected chi connectivity index (χ4v) is 3.00. The first-order chi connectivity index (χ1) is 14.1. The zero-order chi connectivity index (χ0) is 20.8. The van der Waals surface area contributed by atoms with Crippen LogP contribution in [0.15, 0.2) is 48.8 Å². The van der Waals surface area contributed by atoms with Crippen LogP contribution in [-0.2, 0) is 0 Å². The standard InChI is InChI=1S/C19H20N6O4/c1-2-24(10-11-26)18-16(25(28)29)17(20-12-21-18)22-23-19(27)15-9-5-7-13-6-3-4-8-14(13)15/h3-9,12,26H,2,10-11H2,1H3,(H,23,27)(H,20,21,22). The molecule has 2 aromatic carbocycles. The number of hydrogen-bond acceptors (Lipinski definition) is 8. The van der Waals surface area contributed by atoms with Gasteiger partial charge in [0.25, 0.3) is 5.91 Å². The maximum Gasteiger partial charge on any atom is 0.355 e. The van der Waals surface area contributed by atoms with Gasteiger partial charge in [0.2, 0.25) is 11.6 Å². The summed E-state index contributed by atoms with van der Waals surface area (Å²) in [6, 6.07) is 12.7. The minimum absolute atomic E-state index is 0.0588. The molecule has 29 heavy (non-hydrogen) atoms. The van der Waals surface area contributed by atoms with Crippen LogP contribution in [0.2, 0.25) is 0 Å². The fraction of sp³-hybridized carbons (Fsp3) is 0.211. The Balaban J connectivity index is 1.88. The molecule has 10 heteroatoms. The Morgan fingerprint density at radius 2 is 1.97 bits per heavy atom. The molecule has 10 nitrogen and oxygen atoms in total. The van der Waals surface area contributed by atoms with Crippen molar-refractivity contribution in [2.45, 2.75) is 6.92 Å². The van der Waals surface area contributed by atoms with Gasteiger partial charge >= 0.3 is 5.69 Å². The normalized spacial score (nSPS) is 10.6. The number of carbonyl (C=O) groups excluding carboxylic acids is 1. The van der Waals surface area contributed by atoms with E-state index in [1.54, 1.807) is 24.0 Å². The third-order valence-electron chi connectivity index (χ3n) is 4.37. The Morgan fingerprint density at radius 3 is 2.69 bits per heavy atom. The molecule has 0 atom stereocenters. The van der Waals surface area contributed by atoms with E-state index in [4.69, 9.17) is 0 Å². The molecular weight excluding hydrogens is 376 g/mol. The lowest BCUT2D eigenvalue weighted by molar-refractivity contribution is -0.383. The molecule has 150 valence electrons. The number of benzene rings is 2. The largest absolute Gasteiger partial charge is 0.395 e. The van der Waals surface area contributed by atoms with Gasteiger partial charge in [0.15, 0.2) is 0 Å². The van der Waals surface area contributed by atoms with Crippen LogP contribution in [0, 0.1) is 10.1 Å². The number of aliphatic hydroxyl groups excluding tert-OH is 1. The summed E-state index contributed by atoms with van der Waals surface area (Å²) in [6.45, 7) is 2.18. The summed E-state index contributed by atoms with van der Waals surface area (Å²) in [4.78, 5) is 33.1. The Labute approximate surface area is 166 Å². The molecule has 0 saturated heterocycles. The number of hydrazine groups is 1. The summed E-state index contributed by atoms with van der Waals surface area (Å²) < 4.78 is 0. The zero-order valence-electron chi connectivity index (χ0n) is 15.7. The van der Waals surface area contributed by atoms with E-state index in [9.17, 15) is 20.0 Å². The van der Waals surface area contributed by atoms with E-state index in [0.717, 1.165) is 17.1 Å². The molecule has 0 aliphatic heterocycles. The number of rotatable bonds is 8. The number of nitrogens with one attached hydrogen (secondary N) is 2. The molecule has 3 aromatic rings. The summed E-state index contributed by atoms with van der Waals surface area (Å²) >= 11 is 0. The van der Waals surface area contributed by atoms with Crippen LogP contribution in [0.1, 0.15) is 17.3 Å². The van der Waals surface area contributed by atoms with Crippen LogP contribution in [0.25, 0.3) is 10.8 Å². The van der Waals surface area contributed by atoms with E-state index in [-0.39, 0.29) is 30.5 Å². The Morgan fingerprint density at radius 1 is 1.21 bits per heavy atom. The van der Waals surface area contributed by atoms with Gasteiger partial charge in [0, 0.05) is 18.7 Å². The van der Waals surface area contributed by atoms with Crippen LogP contribution in [0.5, 0.6) is 0 Å². The number of aliphatic hydroxyl groups is 1. The van der Waals surface area contributed by atoms with Gasteiger partial charge in [-0.15, -0.1) is 0 Å². The van der Waals surface area contributed by atoms with Crippen molar-refractivity contribution in [1.82, 2.24) is 15.4 Å². The minimum Gasteiger partial charge on any atom is -0.395 e. The van der Waals surface area contributed by atoms with Crippen molar-refractivity contribution in [3.05, 3.63) is 64.5 Å². The molecule has 0 radical (unpaired) electrons. The third-order valence-corrected chi connectivity index (χ3v) is 4.37. The van der Waals surface area contributed by atoms with Crippen molar-refractivity contribution >= 4 is 34.0 Å². The van der Waals surface area contributed by atoms with Gasteiger partial charge in [-0.25, -0.2) is 9.97 Å². The number of aromatic nitrogens is 2. The first-order valence-corrected chi connectivity index (χ1v) is 8.96. The fourth-order valence-electron chi connectivity index (χ4n) is 3.00. The molecule has 1 amide bonds. The van der Waals surface area contributed by atoms with Gasteiger partial charge in [0.05, 0.1) is 11.5 Å². The molecule has 0 bridgehead atoms. The van der Waals surface area contributed by atoms with Crippen molar-refractivity contribution in [2.75, 3.05) is 30.0 Å². The summed E-state index contributed by atoms with van der Waals surface area (Å²) in [5, 5.41) is 22.5. The van der Waals surface area contributed by atoms with E-state index in [2.05, 4.69) is 20.8 Å². The number of hydrogen-bond donors (Lipinski definition) is 3. The highest BCUT2D eigenvalue weighted by Crippen LogP contribution is 2.31. The summed E-state index contributed by atoms with van der Waals surface area (Å²) in [5.74, 6) is -0.549. The number of nitrogens with zero attached hydrogens (tertiary/aromatic N) is 4. The van der Waals surface area contributed by atoms with Gasteiger partial charge in [-0.3, -0.25) is 25.8 Å². The van der Waals surface area contributed by atoms with Crippen LogP contribution >= 0.6 is 0 Å². The second-order valence-corrected chi connectivity index (χ2v) is 6.06.